The quantitative estimate of drug-likeness (QED) is 0.806. The number of para-hydroxylation sites is 1. The van der Waals surface area contributed by atoms with Crippen molar-refractivity contribution in [3.8, 4) is 0 Å². The average Bonchev–Trinajstić information content (AvgIpc) is 2.25. The van der Waals surface area contributed by atoms with Gasteiger partial charge in [-0.2, -0.15) is 0 Å². The van der Waals surface area contributed by atoms with Crippen LogP contribution in [-0.4, -0.2) is 20.7 Å². The largest absolute Gasteiger partial charge is 0.396 e. The zero-order valence-electron chi connectivity index (χ0n) is 11.4. The van der Waals surface area contributed by atoms with Crippen LogP contribution in [0.5, 0.6) is 0 Å². The number of anilines is 2. The van der Waals surface area contributed by atoms with E-state index in [2.05, 4.69) is 26.1 Å². The lowest BCUT2D eigenvalue weighted by atomic mass is 10.0. The van der Waals surface area contributed by atoms with Gasteiger partial charge in [0.1, 0.15) is 0 Å². The lowest BCUT2D eigenvalue weighted by Crippen LogP contribution is -2.25. The molecular formula is C13H22N2O2S. The molecule has 0 saturated carbocycles. The van der Waals surface area contributed by atoms with Gasteiger partial charge in [0, 0.05) is 12.3 Å². The van der Waals surface area contributed by atoms with Gasteiger partial charge >= 0.3 is 0 Å². The van der Waals surface area contributed by atoms with Crippen molar-refractivity contribution in [1.29, 1.82) is 0 Å². The van der Waals surface area contributed by atoms with Crippen molar-refractivity contribution in [3.05, 3.63) is 18.2 Å². The van der Waals surface area contributed by atoms with Crippen LogP contribution in [0.2, 0.25) is 0 Å². The first kappa shape index (κ1) is 14.8. The number of hydrogen-bond donors (Lipinski definition) is 2. The van der Waals surface area contributed by atoms with E-state index in [1.165, 1.54) is 12.3 Å². The third-order valence-electron chi connectivity index (χ3n) is 3.05. The van der Waals surface area contributed by atoms with Gasteiger partial charge in [-0.3, -0.25) is 0 Å². The van der Waals surface area contributed by atoms with Crippen molar-refractivity contribution in [2.24, 2.45) is 5.92 Å². The topological polar surface area (TPSA) is 72.2 Å². The molecule has 0 saturated heterocycles. The molecule has 0 aliphatic rings. The van der Waals surface area contributed by atoms with E-state index in [-0.39, 0.29) is 10.9 Å². The molecule has 0 aliphatic heterocycles. The van der Waals surface area contributed by atoms with Crippen LogP contribution in [0.4, 0.5) is 11.4 Å². The van der Waals surface area contributed by atoms with E-state index in [4.69, 9.17) is 5.73 Å². The summed E-state index contributed by atoms with van der Waals surface area (Å²) < 4.78 is 23.2. The summed E-state index contributed by atoms with van der Waals surface area (Å²) >= 11 is 0. The average molecular weight is 270 g/mol. The van der Waals surface area contributed by atoms with Crippen LogP contribution in [0.25, 0.3) is 0 Å². The van der Waals surface area contributed by atoms with Gasteiger partial charge in [0.25, 0.3) is 0 Å². The molecule has 0 bridgehead atoms. The van der Waals surface area contributed by atoms with E-state index in [1.54, 1.807) is 6.07 Å². The Morgan fingerprint density at radius 2 is 1.94 bits per heavy atom. The maximum Gasteiger partial charge on any atom is 0.177 e. The number of nitrogens with one attached hydrogen (secondary N) is 1. The molecule has 0 aromatic heterocycles. The first-order valence-corrected chi connectivity index (χ1v) is 8.01. The van der Waals surface area contributed by atoms with Gasteiger partial charge in [-0.05, 0) is 24.5 Å². The summed E-state index contributed by atoms with van der Waals surface area (Å²) in [4.78, 5) is 0.186. The van der Waals surface area contributed by atoms with Gasteiger partial charge in [0.05, 0.1) is 16.3 Å². The highest BCUT2D eigenvalue weighted by molar-refractivity contribution is 7.90. The van der Waals surface area contributed by atoms with Crippen LogP contribution in [0.1, 0.15) is 27.2 Å². The molecule has 4 nitrogen and oxygen atoms in total. The Bertz CT molecular complexity index is 510. The zero-order chi connectivity index (χ0) is 13.9. The molecule has 1 aromatic carbocycles. The molecule has 1 unspecified atom stereocenters. The van der Waals surface area contributed by atoms with Gasteiger partial charge in [-0.25, -0.2) is 8.42 Å². The fourth-order valence-corrected chi connectivity index (χ4v) is 2.77. The van der Waals surface area contributed by atoms with Gasteiger partial charge in [0.15, 0.2) is 9.84 Å². The van der Waals surface area contributed by atoms with Gasteiger partial charge in [-0.1, -0.05) is 26.8 Å². The minimum absolute atomic E-state index is 0.186. The third-order valence-corrected chi connectivity index (χ3v) is 4.21. The van der Waals surface area contributed by atoms with Crippen LogP contribution >= 0.6 is 0 Å². The first-order valence-electron chi connectivity index (χ1n) is 6.12. The predicted molar refractivity (Wildman–Crippen MR) is 76.5 cm³/mol. The monoisotopic (exact) mass is 270 g/mol. The SMILES string of the molecule is CCC(Nc1cccc(S(C)(=O)=O)c1N)C(C)C. The number of sulfone groups is 1. The molecule has 1 atom stereocenters. The second-order valence-corrected chi connectivity index (χ2v) is 6.88. The zero-order valence-corrected chi connectivity index (χ0v) is 12.2. The van der Waals surface area contributed by atoms with Gasteiger partial charge in [-0.15, -0.1) is 0 Å². The van der Waals surface area contributed by atoms with Crippen LogP contribution in [0.15, 0.2) is 23.1 Å². The Hall–Kier alpha value is -1.23. The fourth-order valence-electron chi connectivity index (χ4n) is 1.93. The molecule has 0 spiro atoms. The second-order valence-electron chi connectivity index (χ2n) is 4.89. The highest BCUT2D eigenvalue weighted by atomic mass is 32.2. The molecule has 0 aliphatic carbocycles. The van der Waals surface area contributed by atoms with Crippen molar-refractivity contribution >= 4 is 21.2 Å². The molecule has 1 rings (SSSR count). The number of nitrogen functional groups attached to an aromatic ring is 1. The normalized spacial score (nSPS) is 13.6. The number of rotatable bonds is 5. The molecule has 102 valence electrons. The lowest BCUT2D eigenvalue weighted by molar-refractivity contribution is 0.511. The maximum atomic E-state index is 11.6. The summed E-state index contributed by atoms with van der Waals surface area (Å²) in [6.45, 7) is 6.34. The molecule has 0 heterocycles. The Labute approximate surface area is 110 Å². The standard InChI is InChI=1S/C13H22N2O2S/c1-5-10(9(2)3)15-11-7-6-8-12(13(11)14)18(4,16)17/h6-10,15H,5,14H2,1-4H3. The number of nitrogens with two attached hydrogens (primary N) is 1. The van der Waals surface area contributed by atoms with Gasteiger partial charge in [0.2, 0.25) is 0 Å². The molecule has 0 radical (unpaired) electrons. The van der Waals surface area contributed by atoms with Crippen molar-refractivity contribution in [2.75, 3.05) is 17.3 Å². The minimum Gasteiger partial charge on any atom is -0.396 e. The van der Waals surface area contributed by atoms with E-state index >= 15 is 0 Å². The Morgan fingerprint density at radius 1 is 1.33 bits per heavy atom. The molecule has 3 N–H and O–H groups in total. The minimum atomic E-state index is -3.28. The summed E-state index contributed by atoms with van der Waals surface area (Å²) in [5.41, 5.74) is 6.93. The first-order chi connectivity index (χ1) is 8.27. The maximum absolute atomic E-state index is 11.6. The second kappa shape index (κ2) is 5.61. The third kappa shape index (κ3) is 3.38. The van der Waals surface area contributed by atoms with Crippen molar-refractivity contribution < 1.29 is 8.42 Å². The van der Waals surface area contributed by atoms with Crippen LogP contribution in [0.3, 0.4) is 0 Å². The summed E-state index contributed by atoms with van der Waals surface area (Å²) in [6, 6.07) is 5.34. The molecule has 0 fully saturated rings. The predicted octanol–water partition coefficient (Wildman–Crippen LogP) is 2.52. The molecule has 5 heteroatoms. The summed E-state index contributed by atoms with van der Waals surface area (Å²) in [7, 11) is -3.28. The van der Waals surface area contributed by atoms with E-state index in [9.17, 15) is 8.42 Å². The Morgan fingerprint density at radius 3 is 2.39 bits per heavy atom. The highest BCUT2D eigenvalue weighted by Gasteiger charge is 2.17. The lowest BCUT2D eigenvalue weighted by Gasteiger charge is -2.23. The molecule has 18 heavy (non-hydrogen) atoms. The summed E-state index contributed by atoms with van der Waals surface area (Å²) in [5.74, 6) is 0.455. The van der Waals surface area contributed by atoms with Gasteiger partial charge < -0.3 is 11.1 Å². The van der Waals surface area contributed by atoms with Crippen LogP contribution < -0.4 is 11.1 Å². The molecular weight excluding hydrogens is 248 g/mol. The van der Waals surface area contributed by atoms with E-state index < -0.39 is 9.84 Å². The van der Waals surface area contributed by atoms with Crippen molar-refractivity contribution in [3.63, 3.8) is 0 Å². The Kier molecular flexibility index (Phi) is 4.62. The Balaban J connectivity index is 3.12. The van der Waals surface area contributed by atoms with Crippen LogP contribution in [0, 0.1) is 5.92 Å². The molecule has 0 amide bonds. The fraction of sp³-hybridized carbons (Fsp3) is 0.538. The van der Waals surface area contributed by atoms with E-state index in [1.807, 2.05) is 6.07 Å². The van der Waals surface area contributed by atoms with E-state index in [0.717, 1.165) is 6.42 Å². The van der Waals surface area contributed by atoms with Crippen LogP contribution in [-0.2, 0) is 9.84 Å². The molecule has 1 aromatic rings. The smallest absolute Gasteiger partial charge is 0.177 e. The number of benzene rings is 1. The summed E-state index contributed by atoms with van der Waals surface area (Å²) in [5, 5.41) is 3.32. The van der Waals surface area contributed by atoms with Crippen molar-refractivity contribution in [1.82, 2.24) is 0 Å². The highest BCUT2D eigenvalue weighted by Crippen LogP contribution is 2.28. The number of hydrogen-bond acceptors (Lipinski definition) is 4. The van der Waals surface area contributed by atoms with E-state index in [0.29, 0.717) is 17.3 Å². The van der Waals surface area contributed by atoms with Crippen molar-refractivity contribution in [2.45, 2.75) is 38.1 Å². The summed E-state index contributed by atoms with van der Waals surface area (Å²) in [6.07, 6.45) is 2.13.